The van der Waals surface area contributed by atoms with Crippen LogP contribution in [0.2, 0.25) is 0 Å². The highest BCUT2D eigenvalue weighted by atomic mass is 32.1. The fourth-order valence-corrected chi connectivity index (χ4v) is 5.69. The lowest BCUT2D eigenvalue weighted by Crippen LogP contribution is -2.44. The van der Waals surface area contributed by atoms with E-state index in [4.69, 9.17) is 14.5 Å². The highest BCUT2D eigenvalue weighted by Crippen LogP contribution is 2.34. The average molecular weight is 480 g/mol. The number of thiophene rings is 1. The van der Waals surface area contributed by atoms with Crippen LogP contribution in [0, 0.1) is 5.92 Å². The van der Waals surface area contributed by atoms with Gasteiger partial charge in [-0.1, -0.05) is 18.2 Å². The highest BCUT2D eigenvalue weighted by Gasteiger charge is 2.32. The number of piperidine rings is 1. The number of amides is 1. The molecule has 0 spiro atoms. The van der Waals surface area contributed by atoms with Crippen LogP contribution in [0.25, 0.3) is 20.7 Å². The van der Waals surface area contributed by atoms with Crippen molar-refractivity contribution in [3.05, 3.63) is 48.0 Å². The average Bonchev–Trinajstić information content (AvgIpc) is 3.33. The Morgan fingerprint density at radius 2 is 1.97 bits per heavy atom. The van der Waals surface area contributed by atoms with Gasteiger partial charge >= 0.3 is 5.97 Å². The summed E-state index contributed by atoms with van der Waals surface area (Å²) in [5.41, 5.74) is 1.44. The third-order valence-corrected chi connectivity index (χ3v) is 7.56. The van der Waals surface area contributed by atoms with Gasteiger partial charge in [0.05, 0.1) is 41.9 Å². The summed E-state index contributed by atoms with van der Waals surface area (Å²) in [6.45, 7) is 5.78. The van der Waals surface area contributed by atoms with E-state index in [1.54, 1.807) is 16.2 Å². The molecule has 0 N–H and O–H groups in total. The van der Waals surface area contributed by atoms with Crippen LogP contribution < -0.4 is 4.90 Å². The number of fused-ring (bicyclic) bond motifs is 1. The molecule has 1 amide bonds. The topological polar surface area (TPSA) is 72.0 Å². The van der Waals surface area contributed by atoms with Crippen LogP contribution in [0.3, 0.4) is 0 Å². The van der Waals surface area contributed by atoms with E-state index in [0.29, 0.717) is 57.4 Å². The largest absolute Gasteiger partial charge is 0.466 e. The molecule has 2 saturated heterocycles. The molecule has 5 rings (SSSR count). The number of carbonyl (C=O) groups is 2. The van der Waals surface area contributed by atoms with E-state index in [2.05, 4.69) is 23.1 Å². The molecule has 0 bridgehead atoms. The fourth-order valence-electron chi connectivity index (χ4n) is 4.66. The molecule has 2 aliphatic rings. The Labute approximate surface area is 203 Å². The number of carbonyl (C=O) groups excluding carboxylic acids is 2. The number of benzene rings is 1. The Balaban J connectivity index is 1.47. The minimum absolute atomic E-state index is 0.0779. The molecule has 178 valence electrons. The van der Waals surface area contributed by atoms with Crippen molar-refractivity contribution in [1.82, 2.24) is 9.88 Å². The van der Waals surface area contributed by atoms with E-state index in [0.717, 1.165) is 23.4 Å². The summed E-state index contributed by atoms with van der Waals surface area (Å²) in [6.07, 6.45) is 1.54. The van der Waals surface area contributed by atoms with Crippen LogP contribution in [0.4, 0.5) is 5.82 Å². The number of hydrogen-bond acceptors (Lipinski definition) is 7. The minimum atomic E-state index is -0.268. The number of esters is 1. The first-order chi connectivity index (χ1) is 16.6. The normalized spacial score (nSPS) is 18.8. The summed E-state index contributed by atoms with van der Waals surface area (Å²) in [4.78, 5) is 36.0. The Bertz CT molecular complexity index is 1150. The van der Waals surface area contributed by atoms with Gasteiger partial charge in [0.1, 0.15) is 5.82 Å². The molecule has 1 atom stereocenters. The molecule has 7 nitrogen and oxygen atoms in total. The number of ether oxygens (including phenoxy) is 2. The van der Waals surface area contributed by atoms with E-state index in [9.17, 15) is 9.59 Å². The maximum absolute atomic E-state index is 13.7. The van der Waals surface area contributed by atoms with Gasteiger partial charge in [0.15, 0.2) is 0 Å². The molecule has 2 aliphatic heterocycles. The van der Waals surface area contributed by atoms with Gasteiger partial charge < -0.3 is 19.3 Å². The van der Waals surface area contributed by atoms with Crippen molar-refractivity contribution in [2.45, 2.75) is 19.8 Å². The standard InChI is InChI=1S/C26H29N3O4S/c1-2-33-26(31)19-7-5-11-29(17-19)25(30)20-9-10-21(27-24(20)28-12-14-32-15-13-28)23-16-18-6-3-4-8-22(18)34-23/h3-4,6,8-10,16,19H,2,5,7,11-15,17H2,1H3/t19-/m1/s1. The zero-order valence-electron chi connectivity index (χ0n) is 19.4. The molecule has 8 heteroatoms. The lowest BCUT2D eigenvalue weighted by Gasteiger charge is -2.34. The first-order valence-electron chi connectivity index (χ1n) is 11.9. The summed E-state index contributed by atoms with van der Waals surface area (Å²) < 4.78 is 12.0. The summed E-state index contributed by atoms with van der Waals surface area (Å²) in [7, 11) is 0. The Morgan fingerprint density at radius 1 is 1.15 bits per heavy atom. The van der Waals surface area contributed by atoms with Gasteiger partial charge in [-0.3, -0.25) is 9.59 Å². The summed E-state index contributed by atoms with van der Waals surface area (Å²) in [6, 6.07) is 14.3. The summed E-state index contributed by atoms with van der Waals surface area (Å²) in [5, 5.41) is 1.19. The van der Waals surface area contributed by atoms with Gasteiger partial charge in [-0.05, 0) is 49.4 Å². The molecular weight excluding hydrogens is 450 g/mol. The predicted octanol–water partition coefficient (Wildman–Crippen LogP) is 4.22. The van der Waals surface area contributed by atoms with Crippen molar-refractivity contribution < 1.29 is 19.1 Å². The Morgan fingerprint density at radius 3 is 2.76 bits per heavy atom. The molecule has 0 unspecified atom stereocenters. The second-order valence-electron chi connectivity index (χ2n) is 8.66. The Hall–Kier alpha value is -2.97. The van der Waals surface area contributed by atoms with Crippen LogP contribution in [0.5, 0.6) is 0 Å². The number of rotatable bonds is 5. The zero-order chi connectivity index (χ0) is 23.5. The van der Waals surface area contributed by atoms with E-state index in [1.807, 2.05) is 31.2 Å². The number of anilines is 1. The molecule has 0 radical (unpaired) electrons. The van der Waals surface area contributed by atoms with Crippen LogP contribution in [0.1, 0.15) is 30.1 Å². The lowest BCUT2D eigenvalue weighted by atomic mass is 9.97. The number of hydrogen-bond donors (Lipinski definition) is 0. The highest BCUT2D eigenvalue weighted by molar-refractivity contribution is 7.22. The van der Waals surface area contributed by atoms with Gasteiger partial charge in [-0.25, -0.2) is 4.98 Å². The van der Waals surface area contributed by atoms with E-state index < -0.39 is 0 Å². The third kappa shape index (κ3) is 4.65. The van der Waals surface area contributed by atoms with Crippen molar-refractivity contribution in [3.8, 4) is 10.6 Å². The molecule has 4 heterocycles. The SMILES string of the molecule is CCOC(=O)[C@@H]1CCCN(C(=O)c2ccc(-c3cc4ccccc4s3)nc2N2CCOCC2)C1. The number of morpholine rings is 1. The van der Waals surface area contributed by atoms with Gasteiger partial charge in [-0.15, -0.1) is 11.3 Å². The molecule has 0 saturated carbocycles. The zero-order valence-corrected chi connectivity index (χ0v) is 20.2. The lowest BCUT2D eigenvalue weighted by molar-refractivity contribution is -0.149. The molecular formula is C26H29N3O4S. The van der Waals surface area contributed by atoms with Crippen molar-refractivity contribution in [2.24, 2.45) is 5.92 Å². The van der Waals surface area contributed by atoms with Crippen molar-refractivity contribution >= 4 is 39.1 Å². The second-order valence-corrected chi connectivity index (χ2v) is 9.74. The number of likely N-dealkylation sites (tertiary alicyclic amines) is 1. The first-order valence-corrected chi connectivity index (χ1v) is 12.7. The van der Waals surface area contributed by atoms with E-state index >= 15 is 0 Å². The first kappa shape index (κ1) is 22.8. The molecule has 2 fully saturated rings. The smallest absolute Gasteiger partial charge is 0.310 e. The monoisotopic (exact) mass is 479 g/mol. The number of pyridine rings is 1. The molecule has 0 aliphatic carbocycles. The van der Waals surface area contributed by atoms with Crippen molar-refractivity contribution in [2.75, 3.05) is 50.9 Å². The Kier molecular flexibility index (Phi) is 6.78. The van der Waals surface area contributed by atoms with Gasteiger partial charge in [-0.2, -0.15) is 0 Å². The van der Waals surface area contributed by atoms with Gasteiger partial charge in [0.25, 0.3) is 5.91 Å². The molecule has 2 aromatic heterocycles. The van der Waals surface area contributed by atoms with Crippen LogP contribution >= 0.6 is 11.3 Å². The maximum atomic E-state index is 13.7. The van der Waals surface area contributed by atoms with Crippen LogP contribution in [0.15, 0.2) is 42.5 Å². The van der Waals surface area contributed by atoms with Gasteiger partial charge in [0.2, 0.25) is 0 Å². The van der Waals surface area contributed by atoms with Gasteiger partial charge in [0, 0.05) is 30.9 Å². The maximum Gasteiger partial charge on any atom is 0.310 e. The third-order valence-electron chi connectivity index (χ3n) is 6.42. The fraction of sp³-hybridized carbons (Fsp3) is 0.423. The van der Waals surface area contributed by atoms with Crippen LogP contribution in [-0.2, 0) is 14.3 Å². The van der Waals surface area contributed by atoms with E-state index in [1.165, 1.54) is 10.1 Å². The second kappa shape index (κ2) is 10.1. The number of nitrogens with zero attached hydrogens (tertiary/aromatic N) is 3. The van der Waals surface area contributed by atoms with Crippen LogP contribution in [-0.4, -0.2) is 67.8 Å². The predicted molar refractivity (Wildman–Crippen MR) is 133 cm³/mol. The quantitative estimate of drug-likeness (QED) is 0.511. The molecule has 1 aromatic carbocycles. The number of aromatic nitrogens is 1. The van der Waals surface area contributed by atoms with E-state index in [-0.39, 0.29) is 17.8 Å². The summed E-state index contributed by atoms with van der Waals surface area (Å²) >= 11 is 1.70. The molecule has 34 heavy (non-hydrogen) atoms. The van der Waals surface area contributed by atoms with Crippen molar-refractivity contribution in [1.29, 1.82) is 0 Å². The molecule has 3 aromatic rings. The summed E-state index contributed by atoms with van der Waals surface area (Å²) in [5.74, 6) is 0.134. The van der Waals surface area contributed by atoms with Crippen molar-refractivity contribution in [3.63, 3.8) is 0 Å². The minimum Gasteiger partial charge on any atom is -0.466 e.